The van der Waals surface area contributed by atoms with Gasteiger partial charge in [0, 0.05) is 16.9 Å². The van der Waals surface area contributed by atoms with Crippen molar-refractivity contribution in [1.29, 1.82) is 0 Å². The molecule has 0 fully saturated rings. The summed E-state index contributed by atoms with van der Waals surface area (Å²) in [5.41, 5.74) is 1.73. The van der Waals surface area contributed by atoms with Crippen LogP contribution in [-0.2, 0) is 15.9 Å². The van der Waals surface area contributed by atoms with Gasteiger partial charge >= 0.3 is 5.97 Å². The van der Waals surface area contributed by atoms with E-state index in [0.29, 0.717) is 22.7 Å². The number of ether oxygens (including phenoxy) is 2. The topological polar surface area (TPSA) is 114 Å². The summed E-state index contributed by atoms with van der Waals surface area (Å²) < 4.78 is 10.8. The minimum Gasteiger partial charge on any atom is -0.478 e. The molecule has 9 heteroatoms. The summed E-state index contributed by atoms with van der Waals surface area (Å²) in [6, 6.07) is 16.7. The predicted octanol–water partition coefficient (Wildman–Crippen LogP) is 5.01. The van der Waals surface area contributed by atoms with Crippen molar-refractivity contribution in [2.45, 2.75) is 32.2 Å². The molecule has 0 spiro atoms. The van der Waals surface area contributed by atoms with Crippen LogP contribution < -0.4 is 10.6 Å². The highest BCUT2D eigenvalue weighted by Gasteiger charge is 2.26. The maximum absolute atomic E-state index is 13.5. The van der Waals surface area contributed by atoms with Crippen LogP contribution in [0, 0.1) is 0 Å². The lowest BCUT2D eigenvalue weighted by Gasteiger charge is -2.19. The maximum Gasteiger partial charge on any atom is 0.335 e. The lowest BCUT2D eigenvalue weighted by molar-refractivity contribution is 0.0696. The minimum absolute atomic E-state index is 0.0849. The number of amides is 2. The van der Waals surface area contributed by atoms with Crippen molar-refractivity contribution in [2.75, 3.05) is 12.1 Å². The average molecular weight is 507 g/mol. The fourth-order valence-corrected chi connectivity index (χ4v) is 4.69. The molecular formula is C27H26N2O6S. The van der Waals surface area contributed by atoms with Gasteiger partial charge in [-0.3, -0.25) is 9.59 Å². The quantitative estimate of drug-likeness (QED) is 0.376. The zero-order chi connectivity index (χ0) is 25.7. The van der Waals surface area contributed by atoms with E-state index in [0.717, 1.165) is 10.4 Å². The van der Waals surface area contributed by atoms with E-state index in [2.05, 4.69) is 10.6 Å². The van der Waals surface area contributed by atoms with E-state index in [4.69, 9.17) is 14.6 Å². The SMILES string of the molecule is CC(C)c1cc(C(=O)NC(Cc2ccccc2)C2=COCO2)c(NC(=O)c2ccc(C(=O)O)cc2)s1. The Labute approximate surface area is 212 Å². The zero-order valence-electron chi connectivity index (χ0n) is 19.8. The third-order valence-corrected chi connectivity index (χ3v) is 6.96. The molecule has 3 N–H and O–H groups in total. The number of aromatic carboxylic acids is 1. The first-order chi connectivity index (χ1) is 17.3. The summed E-state index contributed by atoms with van der Waals surface area (Å²) in [5.74, 6) is -1.19. The second-order valence-electron chi connectivity index (χ2n) is 8.55. The Hall–Kier alpha value is -4.11. The number of carbonyl (C=O) groups excluding carboxylic acids is 2. The molecule has 1 aromatic heterocycles. The summed E-state index contributed by atoms with van der Waals surface area (Å²) in [5, 5.41) is 15.3. The van der Waals surface area contributed by atoms with Crippen LogP contribution in [0.4, 0.5) is 5.00 Å². The molecule has 186 valence electrons. The van der Waals surface area contributed by atoms with Crippen molar-refractivity contribution < 1.29 is 29.0 Å². The third-order valence-electron chi connectivity index (χ3n) is 5.61. The van der Waals surface area contributed by atoms with Gasteiger partial charge in [-0.15, -0.1) is 11.3 Å². The lowest BCUT2D eigenvalue weighted by Crippen LogP contribution is -2.38. The van der Waals surface area contributed by atoms with Crippen LogP contribution in [0.15, 0.2) is 72.7 Å². The van der Waals surface area contributed by atoms with Gasteiger partial charge in [-0.2, -0.15) is 0 Å². The molecule has 1 aliphatic heterocycles. The Balaban J connectivity index is 1.57. The maximum atomic E-state index is 13.5. The molecule has 0 saturated heterocycles. The second-order valence-corrected chi connectivity index (χ2v) is 9.63. The van der Waals surface area contributed by atoms with E-state index in [1.165, 1.54) is 41.9 Å². The molecule has 1 atom stereocenters. The highest BCUT2D eigenvalue weighted by Crippen LogP contribution is 2.33. The average Bonchev–Trinajstić information content (AvgIpc) is 3.55. The Morgan fingerprint density at radius 2 is 1.69 bits per heavy atom. The molecule has 4 rings (SSSR count). The number of anilines is 1. The molecular weight excluding hydrogens is 480 g/mol. The number of carboxylic acids is 1. The Bertz CT molecular complexity index is 1280. The van der Waals surface area contributed by atoms with E-state index >= 15 is 0 Å². The molecule has 0 saturated carbocycles. The van der Waals surface area contributed by atoms with Crippen molar-refractivity contribution in [3.63, 3.8) is 0 Å². The van der Waals surface area contributed by atoms with E-state index in [1.807, 2.05) is 44.2 Å². The van der Waals surface area contributed by atoms with E-state index < -0.39 is 17.9 Å². The second kappa shape index (κ2) is 11.1. The van der Waals surface area contributed by atoms with Gasteiger partial charge in [0.1, 0.15) is 11.3 Å². The van der Waals surface area contributed by atoms with Crippen molar-refractivity contribution in [3.05, 3.63) is 99.8 Å². The normalized spacial score (nSPS) is 13.4. The third kappa shape index (κ3) is 5.92. The summed E-state index contributed by atoms with van der Waals surface area (Å²) in [7, 11) is 0. The Morgan fingerprint density at radius 3 is 2.31 bits per heavy atom. The van der Waals surface area contributed by atoms with E-state index in [9.17, 15) is 14.4 Å². The minimum atomic E-state index is -1.07. The molecule has 2 aromatic carbocycles. The van der Waals surface area contributed by atoms with E-state index in [-0.39, 0.29) is 29.7 Å². The van der Waals surface area contributed by atoms with Crippen LogP contribution in [0.5, 0.6) is 0 Å². The molecule has 36 heavy (non-hydrogen) atoms. The number of carbonyl (C=O) groups is 3. The van der Waals surface area contributed by atoms with Gasteiger partial charge in [-0.25, -0.2) is 4.79 Å². The summed E-state index contributed by atoms with van der Waals surface area (Å²) in [6.07, 6.45) is 2.01. The number of rotatable bonds is 9. The van der Waals surface area contributed by atoms with Gasteiger partial charge in [0.05, 0.1) is 17.2 Å². The van der Waals surface area contributed by atoms with E-state index in [1.54, 1.807) is 6.07 Å². The summed E-state index contributed by atoms with van der Waals surface area (Å²) in [6.45, 7) is 4.11. The van der Waals surface area contributed by atoms with Crippen LogP contribution in [0.3, 0.4) is 0 Å². The van der Waals surface area contributed by atoms with Crippen molar-refractivity contribution >= 4 is 34.1 Å². The number of hydrogen-bond donors (Lipinski definition) is 3. The summed E-state index contributed by atoms with van der Waals surface area (Å²) >= 11 is 1.33. The van der Waals surface area contributed by atoms with Gasteiger partial charge < -0.3 is 25.2 Å². The smallest absolute Gasteiger partial charge is 0.335 e. The van der Waals surface area contributed by atoms with Gasteiger partial charge in [-0.1, -0.05) is 44.2 Å². The fourth-order valence-electron chi connectivity index (χ4n) is 3.64. The molecule has 8 nitrogen and oxygen atoms in total. The standard InChI is InChI=1S/C27H26N2O6S/c1-16(2)23-13-20(26(36-23)29-24(30)18-8-10-19(11-9-18)27(32)33)25(31)28-21(22-14-34-15-35-22)12-17-6-4-3-5-7-17/h3-11,13-14,16,21H,12,15H2,1-2H3,(H,28,31)(H,29,30)(H,32,33). The van der Waals surface area contributed by atoms with Gasteiger partial charge in [0.2, 0.25) is 6.79 Å². The largest absolute Gasteiger partial charge is 0.478 e. The molecule has 0 aliphatic carbocycles. The highest BCUT2D eigenvalue weighted by molar-refractivity contribution is 7.16. The zero-order valence-corrected chi connectivity index (χ0v) is 20.6. The first-order valence-corrected chi connectivity index (χ1v) is 12.2. The van der Waals surface area contributed by atoms with Crippen LogP contribution in [0.25, 0.3) is 0 Å². The fraction of sp³-hybridized carbons (Fsp3) is 0.222. The lowest BCUT2D eigenvalue weighted by atomic mass is 10.0. The van der Waals surface area contributed by atoms with Gasteiger partial charge in [0.25, 0.3) is 11.8 Å². The van der Waals surface area contributed by atoms with Crippen molar-refractivity contribution in [3.8, 4) is 0 Å². The van der Waals surface area contributed by atoms with Crippen molar-refractivity contribution in [2.24, 2.45) is 0 Å². The Morgan fingerprint density at radius 1 is 1.00 bits per heavy atom. The Kier molecular flexibility index (Phi) is 7.70. The van der Waals surface area contributed by atoms with Gasteiger partial charge in [-0.05, 0) is 41.8 Å². The first-order valence-electron chi connectivity index (χ1n) is 11.4. The molecule has 0 radical (unpaired) electrons. The molecule has 0 bridgehead atoms. The molecule has 2 amide bonds. The molecule has 3 aromatic rings. The van der Waals surface area contributed by atoms with Crippen LogP contribution in [-0.4, -0.2) is 35.7 Å². The van der Waals surface area contributed by atoms with Crippen LogP contribution >= 0.6 is 11.3 Å². The number of carboxylic acid groups (broad SMARTS) is 1. The predicted molar refractivity (Wildman–Crippen MR) is 136 cm³/mol. The number of hydrogen-bond acceptors (Lipinski definition) is 6. The summed E-state index contributed by atoms with van der Waals surface area (Å²) in [4.78, 5) is 38.4. The molecule has 2 heterocycles. The van der Waals surface area contributed by atoms with Crippen LogP contribution in [0.1, 0.15) is 61.3 Å². The number of nitrogens with one attached hydrogen (secondary N) is 2. The first kappa shape index (κ1) is 25.0. The highest BCUT2D eigenvalue weighted by atomic mass is 32.1. The van der Waals surface area contributed by atoms with Crippen LogP contribution in [0.2, 0.25) is 0 Å². The van der Waals surface area contributed by atoms with Gasteiger partial charge in [0.15, 0.2) is 5.76 Å². The van der Waals surface area contributed by atoms with Crippen molar-refractivity contribution in [1.82, 2.24) is 5.32 Å². The number of thiophene rings is 1. The number of benzene rings is 2. The molecule has 1 aliphatic rings. The monoisotopic (exact) mass is 506 g/mol. The molecule has 1 unspecified atom stereocenters.